The highest BCUT2D eigenvalue weighted by atomic mass is 15.1. The number of nitriles is 1. The standard InChI is InChI=1S/C16H31N3/c1-4-5-6-11-19(14(2)3)12-9-15-8-7-10-16(15,18)13-17/h14-15H,4-12,18H2,1-3H3. The van der Waals surface area contributed by atoms with Crippen LogP contribution >= 0.6 is 0 Å². The summed E-state index contributed by atoms with van der Waals surface area (Å²) in [5.41, 5.74) is 5.66. The fourth-order valence-corrected chi connectivity index (χ4v) is 3.17. The lowest BCUT2D eigenvalue weighted by Gasteiger charge is -2.30. The van der Waals surface area contributed by atoms with E-state index in [9.17, 15) is 5.26 Å². The lowest BCUT2D eigenvalue weighted by Crippen LogP contribution is -2.43. The molecule has 0 radical (unpaired) electrons. The first-order valence-corrected chi connectivity index (χ1v) is 7.97. The lowest BCUT2D eigenvalue weighted by molar-refractivity contribution is 0.193. The van der Waals surface area contributed by atoms with Crippen LogP contribution in [0.25, 0.3) is 0 Å². The molecule has 0 spiro atoms. The number of hydrogen-bond donors (Lipinski definition) is 1. The maximum atomic E-state index is 9.25. The second kappa shape index (κ2) is 7.87. The predicted molar refractivity (Wildman–Crippen MR) is 80.7 cm³/mol. The number of unbranched alkanes of at least 4 members (excludes halogenated alkanes) is 2. The molecule has 0 heterocycles. The Bertz CT molecular complexity index is 295. The molecule has 0 saturated heterocycles. The molecule has 0 aromatic carbocycles. The van der Waals surface area contributed by atoms with E-state index in [-0.39, 0.29) is 0 Å². The van der Waals surface area contributed by atoms with E-state index in [0.717, 1.165) is 32.2 Å². The molecule has 1 saturated carbocycles. The summed E-state index contributed by atoms with van der Waals surface area (Å²) in [5.74, 6) is 0.393. The number of nitrogens with two attached hydrogens (primary N) is 1. The molecular weight excluding hydrogens is 234 g/mol. The highest BCUT2D eigenvalue weighted by molar-refractivity contribution is 5.11. The fraction of sp³-hybridized carbons (Fsp3) is 0.938. The lowest BCUT2D eigenvalue weighted by atomic mass is 9.87. The third-order valence-electron chi connectivity index (χ3n) is 4.62. The first kappa shape index (κ1) is 16.5. The van der Waals surface area contributed by atoms with Gasteiger partial charge in [0.15, 0.2) is 0 Å². The molecule has 110 valence electrons. The number of rotatable bonds is 8. The van der Waals surface area contributed by atoms with Crippen molar-refractivity contribution in [3.05, 3.63) is 0 Å². The van der Waals surface area contributed by atoms with Crippen molar-refractivity contribution >= 4 is 0 Å². The zero-order valence-corrected chi connectivity index (χ0v) is 13.0. The average molecular weight is 265 g/mol. The summed E-state index contributed by atoms with van der Waals surface area (Å²) >= 11 is 0. The van der Waals surface area contributed by atoms with Crippen molar-refractivity contribution in [3.63, 3.8) is 0 Å². The van der Waals surface area contributed by atoms with Crippen molar-refractivity contribution in [2.45, 2.75) is 77.3 Å². The van der Waals surface area contributed by atoms with Crippen LogP contribution in [0.3, 0.4) is 0 Å². The summed E-state index contributed by atoms with van der Waals surface area (Å²) in [6.07, 6.45) is 8.07. The minimum absolute atomic E-state index is 0.393. The minimum Gasteiger partial charge on any atom is -0.313 e. The SMILES string of the molecule is CCCCCN(CCC1CCCC1(N)C#N)C(C)C. The number of nitrogens with zero attached hydrogens (tertiary/aromatic N) is 2. The average Bonchev–Trinajstić information content (AvgIpc) is 2.75. The van der Waals surface area contributed by atoms with Crippen molar-refractivity contribution in [1.82, 2.24) is 4.90 Å². The molecule has 2 N–H and O–H groups in total. The van der Waals surface area contributed by atoms with Crippen LogP contribution in [0.15, 0.2) is 0 Å². The van der Waals surface area contributed by atoms with E-state index in [2.05, 4.69) is 31.7 Å². The Morgan fingerprint density at radius 3 is 2.68 bits per heavy atom. The van der Waals surface area contributed by atoms with Crippen molar-refractivity contribution in [1.29, 1.82) is 5.26 Å². The van der Waals surface area contributed by atoms with Gasteiger partial charge in [-0.25, -0.2) is 0 Å². The van der Waals surface area contributed by atoms with Gasteiger partial charge in [0.05, 0.1) is 6.07 Å². The van der Waals surface area contributed by atoms with Crippen LogP contribution in [0.1, 0.15) is 65.7 Å². The summed E-state index contributed by atoms with van der Waals surface area (Å²) in [6.45, 7) is 9.05. The van der Waals surface area contributed by atoms with Crippen molar-refractivity contribution in [2.24, 2.45) is 11.7 Å². The summed E-state index contributed by atoms with van der Waals surface area (Å²) in [6, 6.07) is 2.95. The van der Waals surface area contributed by atoms with E-state index in [1.807, 2.05) is 0 Å². The molecule has 19 heavy (non-hydrogen) atoms. The van der Waals surface area contributed by atoms with Gasteiger partial charge in [0.25, 0.3) is 0 Å². The molecule has 1 aliphatic carbocycles. The van der Waals surface area contributed by atoms with Gasteiger partial charge < -0.3 is 10.6 Å². The van der Waals surface area contributed by atoms with E-state index in [1.165, 1.54) is 25.8 Å². The summed E-state index contributed by atoms with van der Waals surface area (Å²) in [7, 11) is 0. The molecule has 1 rings (SSSR count). The first-order chi connectivity index (χ1) is 9.03. The van der Waals surface area contributed by atoms with Crippen LogP contribution in [0.2, 0.25) is 0 Å². The van der Waals surface area contributed by atoms with Gasteiger partial charge in [-0.3, -0.25) is 0 Å². The van der Waals surface area contributed by atoms with Gasteiger partial charge in [0.1, 0.15) is 5.54 Å². The molecule has 0 bridgehead atoms. The highest BCUT2D eigenvalue weighted by Crippen LogP contribution is 2.35. The van der Waals surface area contributed by atoms with E-state index in [0.29, 0.717) is 12.0 Å². The maximum Gasteiger partial charge on any atom is 0.107 e. The van der Waals surface area contributed by atoms with Crippen LogP contribution < -0.4 is 5.73 Å². The van der Waals surface area contributed by atoms with Crippen LogP contribution in [0.5, 0.6) is 0 Å². The predicted octanol–water partition coefficient (Wildman–Crippen LogP) is 3.30. The quantitative estimate of drug-likeness (QED) is 0.685. The minimum atomic E-state index is -0.550. The molecule has 1 aliphatic rings. The number of hydrogen-bond acceptors (Lipinski definition) is 3. The largest absolute Gasteiger partial charge is 0.313 e. The van der Waals surface area contributed by atoms with Crippen LogP contribution in [0, 0.1) is 17.2 Å². The van der Waals surface area contributed by atoms with Crippen molar-refractivity contribution < 1.29 is 0 Å². The molecule has 3 nitrogen and oxygen atoms in total. The third-order valence-corrected chi connectivity index (χ3v) is 4.62. The molecule has 2 atom stereocenters. The van der Waals surface area contributed by atoms with Crippen molar-refractivity contribution in [2.75, 3.05) is 13.1 Å². The Balaban J connectivity index is 2.41. The van der Waals surface area contributed by atoms with Gasteiger partial charge in [0, 0.05) is 6.04 Å². The van der Waals surface area contributed by atoms with Crippen LogP contribution in [-0.4, -0.2) is 29.6 Å². The van der Waals surface area contributed by atoms with Gasteiger partial charge in [-0.1, -0.05) is 26.2 Å². The zero-order chi connectivity index (χ0) is 14.3. The van der Waals surface area contributed by atoms with E-state index in [1.54, 1.807) is 0 Å². The smallest absolute Gasteiger partial charge is 0.107 e. The van der Waals surface area contributed by atoms with Gasteiger partial charge >= 0.3 is 0 Å². The maximum absolute atomic E-state index is 9.25. The summed E-state index contributed by atoms with van der Waals surface area (Å²) in [4.78, 5) is 2.55. The second-order valence-electron chi connectivity index (χ2n) is 6.37. The molecule has 3 heteroatoms. The van der Waals surface area contributed by atoms with Crippen LogP contribution in [0.4, 0.5) is 0 Å². The summed E-state index contributed by atoms with van der Waals surface area (Å²) < 4.78 is 0. The van der Waals surface area contributed by atoms with E-state index >= 15 is 0 Å². The third kappa shape index (κ3) is 4.78. The molecule has 1 fully saturated rings. The Kier molecular flexibility index (Phi) is 6.82. The molecule has 0 amide bonds. The van der Waals surface area contributed by atoms with Gasteiger partial charge in [-0.2, -0.15) is 5.26 Å². The van der Waals surface area contributed by atoms with E-state index < -0.39 is 5.54 Å². The van der Waals surface area contributed by atoms with Gasteiger partial charge in [0.2, 0.25) is 0 Å². The molecular formula is C16H31N3. The van der Waals surface area contributed by atoms with Gasteiger partial charge in [-0.15, -0.1) is 0 Å². The van der Waals surface area contributed by atoms with Crippen molar-refractivity contribution in [3.8, 4) is 6.07 Å². The second-order valence-corrected chi connectivity index (χ2v) is 6.37. The van der Waals surface area contributed by atoms with Gasteiger partial charge in [-0.05, 0) is 58.5 Å². The van der Waals surface area contributed by atoms with E-state index in [4.69, 9.17) is 5.73 Å². The fourth-order valence-electron chi connectivity index (χ4n) is 3.17. The Hall–Kier alpha value is -0.590. The first-order valence-electron chi connectivity index (χ1n) is 7.97. The topological polar surface area (TPSA) is 53.0 Å². The zero-order valence-electron chi connectivity index (χ0n) is 13.0. The molecule has 0 aliphatic heterocycles. The van der Waals surface area contributed by atoms with Crippen LogP contribution in [-0.2, 0) is 0 Å². The normalized spacial score (nSPS) is 27.1. The molecule has 0 aromatic heterocycles. The monoisotopic (exact) mass is 265 g/mol. The Morgan fingerprint density at radius 1 is 1.37 bits per heavy atom. The Morgan fingerprint density at radius 2 is 2.11 bits per heavy atom. The Labute approximate surface area is 119 Å². The molecule has 2 unspecified atom stereocenters. The molecule has 0 aromatic rings. The highest BCUT2D eigenvalue weighted by Gasteiger charge is 2.39. The summed E-state index contributed by atoms with van der Waals surface area (Å²) in [5, 5.41) is 9.25.